The van der Waals surface area contributed by atoms with Crippen LogP contribution < -0.4 is 0 Å². The van der Waals surface area contributed by atoms with Crippen LogP contribution in [0.3, 0.4) is 0 Å². The highest BCUT2D eigenvalue weighted by Gasteiger charge is 2.34. The molecular weight excluding hydrogens is 402 g/mol. The maximum Gasteiger partial charge on any atom is 0.0557 e. The van der Waals surface area contributed by atoms with Crippen LogP contribution in [0, 0.1) is 30.6 Å². The molecule has 1 aromatic carbocycles. The first kappa shape index (κ1) is 24.2. The summed E-state index contributed by atoms with van der Waals surface area (Å²) in [5.41, 5.74) is 8.05. The lowest BCUT2D eigenvalue weighted by molar-refractivity contribution is -0.0457. The van der Waals surface area contributed by atoms with Crippen molar-refractivity contribution in [2.75, 3.05) is 0 Å². The van der Waals surface area contributed by atoms with Gasteiger partial charge in [0.15, 0.2) is 0 Å². The van der Waals surface area contributed by atoms with Gasteiger partial charge in [0, 0.05) is 29.2 Å². The third-order valence-corrected chi connectivity index (χ3v) is 8.05. The number of allylic oxidation sites excluding steroid dienone is 6. The van der Waals surface area contributed by atoms with Crippen molar-refractivity contribution in [3.05, 3.63) is 64.9 Å². The van der Waals surface area contributed by atoms with Crippen molar-refractivity contribution in [1.29, 1.82) is 0 Å². The number of nitrogens with zero attached hydrogens (tertiary/aromatic N) is 1. The van der Waals surface area contributed by atoms with E-state index in [1.54, 1.807) is 0 Å². The molecular formula is C31H43NO. The summed E-state index contributed by atoms with van der Waals surface area (Å²) in [4.78, 5) is 5.47. The Labute approximate surface area is 201 Å². The molecule has 0 spiro atoms. The zero-order valence-electron chi connectivity index (χ0n) is 21.6. The van der Waals surface area contributed by atoms with Crippen molar-refractivity contribution < 1.29 is 4.74 Å². The van der Waals surface area contributed by atoms with Crippen LogP contribution in [0.25, 0.3) is 5.57 Å². The van der Waals surface area contributed by atoms with Crippen LogP contribution in [-0.4, -0.2) is 17.9 Å². The first-order valence-corrected chi connectivity index (χ1v) is 13.2. The molecule has 0 amide bonds. The molecule has 1 aromatic rings. The van der Waals surface area contributed by atoms with Crippen molar-refractivity contribution in [2.45, 2.75) is 92.3 Å². The average Bonchev–Trinajstić information content (AvgIpc) is 2.78. The Morgan fingerprint density at radius 2 is 1.64 bits per heavy atom. The van der Waals surface area contributed by atoms with Gasteiger partial charge in [0.2, 0.25) is 0 Å². The number of benzene rings is 1. The van der Waals surface area contributed by atoms with E-state index in [4.69, 9.17) is 9.73 Å². The molecule has 2 nitrogen and oxygen atoms in total. The standard InChI is InChI=1S/C31H43NO/c1-20-11-14-26(15-12-20)21(2)13-16-29-23(4)17-30(27-18-24(5)33-25(6)19-27)32-31(29)28-10-8-7-9-22(28)3/h11-17,22-25,27-28H,7-10,18-19H2,1-6H3/b21-13+,29-16+/t22-,23?,24-,25+,27?,28?/m0/s1. The van der Waals surface area contributed by atoms with Gasteiger partial charge in [-0.05, 0) is 69.6 Å². The summed E-state index contributed by atoms with van der Waals surface area (Å²) < 4.78 is 6.03. The SMILES string of the molecule is C/C(=C\C=C1\C(C2CCCC[C@@H]2C)=NC(C2C[C@@H](C)O[C@@H](C)C2)=CC1C)c1ccc(C)cc1. The Morgan fingerprint density at radius 3 is 2.30 bits per heavy atom. The van der Waals surface area contributed by atoms with Crippen molar-refractivity contribution in [2.24, 2.45) is 28.7 Å². The van der Waals surface area contributed by atoms with Gasteiger partial charge in [0.05, 0.1) is 12.2 Å². The van der Waals surface area contributed by atoms with Gasteiger partial charge in [-0.2, -0.15) is 0 Å². The Bertz CT molecular complexity index is 938. The van der Waals surface area contributed by atoms with Crippen molar-refractivity contribution in [3.63, 3.8) is 0 Å². The van der Waals surface area contributed by atoms with Gasteiger partial charge in [0.25, 0.3) is 0 Å². The first-order valence-electron chi connectivity index (χ1n) is 13.2. The summed E-state index contributed by atoms with van der Waals surface area (Å²) in [5, 5.41) is 0. The highest BCUT2D eigenvalue weighted by Crippen LogP contribution is 2.40. The Kier molecular flexibility index (Phi) is 7.74. The summed E-state index contributed by atoms with van der Waals surface area (Å²) in [6.45, 7) is 13.6. The molecule has 33 heavy (non-hydrogen) atoms. The molecule has 1 saturated carbocycles. The van der Waals surface area contributed by atoms with Crippen LogP contribution in [-0.2, 0) is 4.74 Å². The fourth-order valence-corrected chi connectivity index (χ4v) is 6.08. The fourth-order valence-electron chi connectivity index (χ4n) is 6.08. The molecule has 1 saturated heterocycles. The van der Waals surface area contributed by atoms with Crippen molar-refractivity contribution in [1.82, 2.24) is 0 Å². The van der Waals surface area contributed by atoms with E-state index in [9.17, 15) is 0 Å². The monoisotopic (exact) mass is 445 g/mol. The second kappa shape index (κ2) is 10.6. The topological polar surface area (TPSA) is 21.6 Å². The van der Waals surface area contributed by atoms with E-state index in [0.717, 1.165) is 12.8 Å². The molecule has 1 aliphatic carbocycles. The smallest absolute Gasteiger partial charge is 0.0557 e. The van der Waals surface area contributed by atoms with E-state index in [1.807, 2.05) is 0 Å². The molecule has 2 heteroatoms. The number of aryl methyl sites for hydroxylation is 1. The number of aliphatic imine (C=N–C) groups is 1. The lowest BCUT2D eigenvalue weighted by Crippen LogP contribution is -2.33. The molecule has 3 unspecified atom stereocenters. The molecule has 0 radical (unpaired) electrons. The maximum atomic E-state index is 6.03. The average molecular weight is 446 g/mol. The Balaban J connectivity index is 1.68. The number of rotatable bonds is 4. The molecule has 0 aromatic heterocycles. The second-order valence-electron chi connectivity index (χ2n) is 11.0. The summed E-state index contributed by atoms with van der Waals surface area (Å²) in [5.74, 6) is 2.21. The van der Waals surface area contributed by atoms with Gasteiger partial charge in [-0.15, -0.1) is 0 Å². The van der Waals surface area contributed by atoms with Crippen molar-refractivity contribution in [3.8, 4) is 0 Å². The quantitative estimate of drug-likeness (QED) is 0.456. The maximum absolute atomic E-state index is 6.03. The minimum atomic E-state index is 0.319. The van der Waals surface area contributed by atoms with Gasteiger partial charge < -0.3 is 4.74 Å². The van der Waals surface area contributed by atoms with Crippen LogP contribution in [0.5, 0.6) is 0 Å². The summed E-state index contributed by atoms with van der Waals surface area (Å²) in [6, 6.07) is 8.86. The van der Waals surface area contributed by atoms with Gasteiger partial charge in [-0.3, -0.25) is 4.99 Å². The predicted octanol–water partition coefficient (Wildman–Crippen LogP) is 8.33. The zero-order valence-corrected chi connectivity index (χ0v) is 21.6. The number of hydrogen-bond acceptors (Lipinski definition) is 2. The van der Waals surface area contributed by atoms with Crippen LogP contribution in [0.15, 0.2) is 58.8 Å². The van der Waals surface area contributed by atoms with Crippen LogP contribution in [0.1, 0.15) is 84.3 Å². The van der Waals surface area contributed by atoms with E-state index >= 15 is 0 Å². The molecule has 3 aliphatic rings. The minimum Gasteiger partial charge on any atom is -0.376 e. The molecule has 6 atom stereocenters. The number of ether oxygens (including phenoxy) is 1. The third kappa shape index (κ3) is 5.77. The fraction of sp³-hybridized carbons (Fsp3) is 0.581. The first-order chi connectivity index (χ1) is 15.8. The van der Waals surface area contributed by atoms with Gasteiger partial charge in [-0.1, -0.05) is 81.2 Å². The molecule has 2 heterocycles. The highest BCUT2D eigenvalue weighted by atomic mass is 16.5. The van der Waals surface area contributed by atoms with Crippen LogP contribution in [0.2, 0.25) is 0 Å². The molecule has 2 fully saturated rings. The summed E-state index contributed by atoms with van der Waals surface area (Å²) >= 11 is 0. The Morgan fingerprint density at radius 1 is 0.970 bits per heavy atom. The minimum absolute atomic E-state index is 0.319. The van der Waals surface area contributed by atoms with Gasteiger partial charge in [-0.25, -0.2) is 0 Å². The van der Waals surface area contributed by atoms with E-state index in [2.05, 4.69) is 84.0 Å². The molecule has 0 bridgehead atoms. The Hall–Kier alpha value is -1.93. The predicted molar refractivity (Wildman–Crippen MR) is 141 cm³/mol. The normalized spacial score (nSPS) is 34.7. The molecule has 178 valence electrons. The van der Waals surface area contributed by atoms with Gasteiger partial charge >= 0.3 is 0 Å². The lowest BCUT2D eigenvalue weighted by Gasteiger charge is -2.37. The lowest BCUT2D eigenvalue weighted by atomic mass is 9.72. The van der Waals surface area contributed by atoms with E-state index in [-0.39, 0.29) is 0 Å². The summed E-state index contributed by atoms with van der Waals surface area (Å²) in [6.07, 6.45) is 15.3. The van der Waals surface area contributed by atoms with Crippen molar-refractivity contribution >= 4 is 11.3 Å². The second-order valence-corrected chi connectivity index (χ2v) is 11.0. The molecule has 2 aliphatic heterocycles. The van der Waals surface area contributed by atoms with Gasteiger partial charge in [0.1, 0.15) is 0 Å². The van der Waals surface area contributed by atoms with Crippen LogP contribution in [0.4, 0.5) is 0 Å². The van der Waals surface area contributed by atoms with Crippen LogP contribution >= 0.6 is 0 Å². The summed E-state index contributed by atoms with van der Waals surface area (Å²) in [7, 11) is 0. The van der Waals surface area contributed by atoms with E-state index < -0.39 is 0 Å². The molecule has 4 rings (SSSR count). The van der Waals surface area contributed by atoms with E-state index in [0.29, 0.717) is 35.9 Å². The zero-order chi connectivity index (χ0) is 23.5. The molecule has 0 N–H and O–H groups in total. The number of hydrogen-bond donors (Lipinski definition) is 0. The third-order valence-electron chi connectivity index (χ3n) is 8.05. The highest BCUT2D eigenvalue weighted by molar-refractivity contribution is 6.04. The largest absolute Gasteiger partial charge is 0.376 e. The van der Waals surface area contributed by atoms with E-state index in [1.165, 1.54) is 59.4 Å².